The molecule has 0 aliphatic carbocycles. The normalized spacial score (nSPS) is 14.1. The molecule has 0 spiro atoms. The number of fused-ring (bicyclic) bond motifs is 1. The molecule has 1 fully saturated rings. The van der Waals surface area contributed by atoms with Crippen LogP contribution in [0.4, 0.5) is 11.6 Å². The first-order valence-electron chi connectivity index (χ1n) is 11.5. The van der Waals surface area contributed by atoms with E-state index in [1.54, 1.807) is 31.6 Å². The van der Waals surface area contributed by atoms with Crippen LogP contribution in [0.15, 0.2) is 67.1 Å². The van der Waals surface area contributed by atoms with Crippen molar-refractivity contribution in [3.8, 4) is 11.4 Å². The summed E-state index contributed by atoms with van der Waals surface area (Å²) >= 11 is 0. The van der Waals surface area contributed by atoms with Crippen LogP contribution in [0.2, 0.25) is 0 Å². The maximum absolute atomic E-state index is 11.9. The lowest BCUT2D eigenvalue weighted by atomic mass is 10.2. The Balaban J connectivity index is 1.39. The van der Waals surface area contributed by atoms with Crippen molar-refractivity contribution in [2.45, 2.75) is 13.3 Å². The van der Waals surface area contributed by atoms with E-state index in [4.69, 9.17) is 14.7 Å². The second-order valence-electron chi connectivity index (χ2n) is 8.08. The van der Waals surface area contributed by atoms with Crippen LogP contribution < -0.4 is 9.80 Å². The van der Waals surface area contributed by atoms with Crippen LogP contribution in [-0.4, -0.2) is 58.7 Å². The molecule has 0 unspecified atom stereocenters. The van der Waals surface area contributed by atoms with Crippen molar-refractivity contribution in [1.29, 1.82) is 0 Å². The number of benzene rings is 1. The Morgan fingerprint density at radius 1 is 0.941 bits per heavy atom. The van der Waals surface area contributed by atoms with Crippen molar-refractivity contribution in [2.24, 2.45) is 0 Å². The molecule has 0 bridgehead atoms. The largest absolute Gasteiger partial charge is 0.462 e. The van der Waals surface area contributed by atoms with Crippen LogP contribution in [0.3, 0.4) is 0 Å². The van der Waals surface area contributed by atoms with Gasteiger partial charge < -0.3 is 14.5 Å². The minimum atomic E-state index is -0.344. The van der Waals surface area contributed by atoms with E-state index in [1.807, 2.05) is 36.4 Å². The van der Waals surface area contributed by atoms with E-state index < -0.39 is 0 Å². The van der Waals surface area contributed by atoms with E-state index in [-0.39, 0.29) is 5.97 Å². The lowest BCUT2D eigenvalue weighted by Gasteiger charge is -2.24. The Bertz CT molecular complexity index is 1280. The van der Waals surface area contributed by atoms with Gasteiger partial charge in [-0.15, -0.1) is 0 Å². The number of ether oxygens (including phenoxy) is 1. The van der Waals surface area contributed by atoms with Crippen LogP contribution in [0.1, 0.15) is 23.7 Å². The fraction of sp³-hybridized carbons (Fsp3) is 0.269. The first-order valence-corrected chi connectivity index (χ1v) is 11.5. The van der Waals surface area contributed by atoms with Crippen LogP contribution in [0, 0.1) is 0 Å². The number of para-hydroxylation sites is 1. The van der Waals surface area contributed by atoms with E-state index >= 15 is 0 Å². The molecule has 34 heavy (non-hydrogen) atoms. The number of rotatable bonds is 5. The Morgan fingerprint density at radius 3 is 2.59 bits per heavy atom. The van der Waals surface area contributed by atoms with E-state index in [1.165, 1.54) is 0 Å². The fourth-order valence-corrected chi connectivity index (χ4v) is 4.19. The molecule has 5 rings (SSSR count). The molecule has 1 aliphatic heterocycles. The maximum Gasteiger partial charge on any atom is 0.339 e. The Labute approximate surface area is 198 Å². The van der Waals surface area contributed by atoms with Gasteiger partial charge in [0.1, 0.15) is 11.6 Å². The summed E-state index contributed by atoms with van der Waals surface area (Å²) in [7, 11) is 0. The second-order valence-corrected chi connectivity index (χ2v) is 8.08. The predicted molar refractivity (Wildman–Crippen MR) is 132 cm³/mol. The summed E-state index contributed by atoms with van der Waals surface area (Å²) in [5, 5.41) is 1.04. The maximum atomic E-state index is 11.9. The number of hydrogen-bond donors (Lipinski definition) is 0. The smallest absolute Gasteiger partial charge is 0.339 e. The van der Waals surface area contributed by atoms with Gasteiger partial charge in [0, 0.05) is 55.7 Å². The van der Waals surface area contributed by atoms with E-state index in [0.717, 1.165) is 60.7 Å². The third-order valence-corrected chi connectivity index (χ3v) is 5.88. The van der Waals surface area contributed by atoms with Crippen molar-refractivity contribution in [3.05, 3.63) is 72.7 Å². The van der Waals surface area contributed by atoms with Crippen molar-refractivity contribution >= 4 is 28.5 Å². The highest BCUT2D eigenvalue weighted by molar-refractivity contribution is 5.91. The average molecular weight is 455 g/mol. The SMILES string of the molecule is CCOC(=O)c1ccc(N2CCCN(c3nc(-c4cccnc4)nc4ccccc34)CC2)nc1. The van der Waals surface area contributed by atoms with Gasteiger partial charge in [-0.25, -0.2) is 19.7 Å². The topological polar surface area (TPSA) is 84.3 Å². The molecule has 1 saturated heterocycles. The third-order valence-electron chi connectivity index (χ3n) is 5.88. The van der Waals surface area contributed by atoms with Gasteiger partial charge in [-0.2, -0.15) is 0 Å². The minimum Gasteiger partial charge on any atom is -0.462 e. The van der Waals surface area contributed by atoms with Gasteiger partial charge in [0.2, 0.25) is 0 Å². The molecule has 0 atom stereocenters. The highest BCUT2D eigenvalue weighted by atomic mass is 16.5. The van der Waals surface area contributed by atoms with Crippen LogP contribution in [0.5, 0.6) is 0 Å². The predicted octanol–water partition coefficient (Wildman–Crippen LogP) is 3.98. The standard InChI is InChI=1S/C26H26N6O2/c1-2-34-26(33)20-10-11-23(28-18-20)31-13-6-14-32(16-15-31)25-21-8-3-4-9-22(21)29-24(30-25)19-7-5-12-27-17-19/h3-5,7-12,17-18H,2,6,13-16H2,1H3. The van der Waals surface area contributed by atoms with Gasteiger partial charge in [-0.05, 0) is 49.7 Å². The summed E-state index contributed by atoms with van der Waals surface area (Å²) in [4.78, 5) is 35.0. The molecule has 4 heterocycles. The Hall–Kier alpha value is -4.07. The number of carbonyl (C=O) groups is 1. The Kier molecular flexibility index (Phi) is 6.29. The number of hydrogen-bond acceptors (Lipinski definition) is 8. The molecule has 1 aliphatic rings. The number of anilines is 2. The second kappa shape index (κ2) is 9.82. The van der Waals surface area contributed by atoms with Gasteiger partial charge >= 0.3 is 5.97 Å². The third kappa shape index (κ3) is 4.52. The van der Waals surface area contributed by atoms with Gasteiger partial charge in [-0.3, -0.25) is 4.98 Å². The molecule has 8 nitrogen and oxygen atoms in total. The minimum absolute atomic E-state index is 0.344. The number of esters is 1. The van der Waals surface area contributed by atoms with Crippen LogP contribution in [-0.2, 0) is 4.74 Å². The molecule has 8 heteroatoms. The van der Waals surface area contributed by atoms with E-state index in [0.29, 0.717) is 18.0 Å². The molecule has 172 valence electrons. The zero-order valence-corrected chi connectivity index (χ0v) is 19.1. The Morgan fingerprint density at radius 2 is 1.79 bits per heavy atom. The zero-order valence-electron chi connectivity index (χ0n) is 19.1. The summed E-state index contributed by atoms with van der Waals surface area (Å²) < 4.78 is 5.06. The number of carbonyl (C=O) groups excluding carboxylic acids is 1. The highest BCUT2D eigenvalue weighted by Crippen LogP contribution is 2.28. The van der Waals surface area contributed by atoms with Gasteiger partial charge in [0.05, 0.1) is 17.7 Å². The number of nitrogens with zero attached hydrogens (tertiary/aromatic N) is 6. The first-order chi connectivity index (χ1) is 16.7. The summed E-state index contributed by atoms with van der Waals surface area (Å²) in [6, 6.07) is 15.7. The first kappa shape index (κ1) is 21.8. The highest BCUT2D eigenvalue weighted by Gasteiger charge is 2.21. The molecule has 4 aromatic rings. The molecule has 0 amide bonds. The fourth-order valence-electron chi connectivity index (χ4n) is 4.19. The molecular formula is C26H26N6O2. The summed E-state index contributed by atoms with van der Waals surface area (Å²) in [6.07, 6.45) is 6.10. The van der Waals surface area contributed by atoms with E-state index in [9.17, 15) is 4.79 Å². The van der Waals surface area contributed by atoms with Crippen molar-refractivity contribution in [2.75, 3.05) is 42.6 Å². The monoisotopic (exact) mass is 454 g/mol. The van der Waals surface area contributed by atoms with Gasteiger partial charge in [-0.1, -0.05) is 12.1 Å². The van der Waals surface area contributed by atoms with Crippen LogP contribution in [0.25, 0.3) is 22.3 Å². The number of aromatic nitrogens is 4. The van der Waals surface area contributed by atoms with E-state index in [2.05, 4.69) is 25.8 Å². The van der Waals surface area contributed by atoms with Crippen LogP contribution >= 0.6 is 0 Å². The zero-order chi connectivity index (χ0) is 23.3. The molecule has 0 N–H and O–H groups in total. The molecule has 0 radical (unpaired) electrons. The lowest BCUT2D eigenvalue weighted by molar-refractivity contribution is 0.0526. The molecular weight excluding hydrogens is 428 g/mol. The molecule has 3 aromatic heterocycles. The summed E-state index contributed by atoms with van der Waals surface area (Å²) in [5.74, 6) is 2.14. The van der Waals surface area contributed by atoms with Crippen molar-refractivity contribution in [3.63, 3.8) is 0 Å². The van der Waals surface area contributed by atoms with Crippen molar-refractivity contribution < 1.29 is 9.53 Å². The molecule has 0 saturated carbocycles. The average Bonchev–Trinajstić information content (AvgIpc) is 3.15. The van der Waals surface area contributed by atoms with Gasteiger partial charge in [0.15, 0.2) is 5.82 Å². The van der Waals surface area contributed by atoms with Gasteiger partial charge in [0.25, 0.3) is 0 Å². The van der Waals surface area contributed by atoms with Crippen molar-refractivity contribution in [1.82, 2.24) is 19.9 Å². The lowest BCUT2D eigenvalue weighted by Crippen LogP contribution is -2.31. The quantitative estimate of drug-likeness (QED) is 0.419. The molecule has 1 aromatic carbocycles. The summed E-state index contributed by atoms with van der Waals surface area (Å²) in [5.41, 5.74) is 2.29. The number of pyridine rings is 2. The summed E-state index contributed by atoms with van der Waals surface area (Å²) in [6.45, 7) is 5.50.